The van der Waals surface area contributed by atoms with Gasteiger partial charge in [-0.1, -0.05) is 41.9 Å². The smallest absolute Gasteiger partial charge is 0.387 e. The second kappa shape index (κ2) is 7.99. The Labute approximate surface area is 173 Å². The molecule has 1 aliphatic rings. The van der Waals surface area contributed by atoms with Gasteiger partial charge in [-0.2, -0.15) is 8.78 Å². The van der Waals surface area contributed by atoms with Crippen molar-refractivity contribution in [3.8, 4) is 22.6 Å². The topological polar surface area (TPSA) is 35.5 Å². The second-order valence-electron chi connectivity index (χ2n) is 6.58. The van der Waals surface area contributed by atoms with Crippen LogP contribution in [0.2, 0.25) is 5.02 Å². The molecule has 0 N–H and O–H groups in total. The number of ether oxygens (including phenoxy) is 2. The van der Waals surface area contributed by atoms with Crippen LogP contribution in [0.1, 0.15) is 27.6 Å². The molecule has 30 heavy (non-hydrogen) atoms. The Morgan fingerprint density at radius 1 is 1.10 bits per heavy atom. The van der Waals surface area contributed by atoms with Gasteiger partial charge in [0.05, 0.1) is 5.02 Å². The molecule has 1 heterocycles. The van der Waals surface area contributed by atoms with E-state index in [4.69, 9.17) is 16.3 Å². The molecule has 0 saturated heterocycles. The van der Waals surface area contributed by atoms with Crippen LogP contribution in [0, 0.1) is 11.6 Å². The summed E-state index contributed by atoms with van der Waals surface area (Å²) in [6, 6.07) is 12.2. The fourth-order valence-corrected chi connectivity index (χ4v) is 3.82. The van der Waals surface area contributed by atoms with Gasteiger partial charge in [0.15, 0.2) is 17.9 Å². The summed E-state index contributed by atoms with van der Waals surface area (Å²) in [5.74, 6) is -2.77. The standard InChI is InChI=1S/C22H13ClF4O3/c23-20-14(24)9-17-13(8-16(29-17)11-4-2-1-3-5-11)19(20)18-12(10-28)6-7-15(21(18)25)30-22(26)27/h1-7,9-10,16,22H,8H2. The number of halogens is 5. The highest BCUT2D eigenvalue weighted by Crippen LogP contribution is 2.48. The summed E-state index contributed by atoms with van der Waals surface area (Å²) in [5, 5.41) is -0.442. The number of carbonyl (C=O) groups is 1. The third-order valence-electron chi connectivity index (χ3n) is 4.85. The first-order chi connectivity index (χ1) is 14.4. The molecule has 0 radical (unpaired) electrons. The van der Waals surface area contributed by atoms with E-state index < -0.39 is 40.7 Å². The second-order valence-corrected chi connectivity index (χ2v) is 6.96. The molecule has 154 valence electrons. The number of aldehydes is 1. The number of benzene rings is 3. The number of hydrogen-bond acceptors (Lipinski definition) is 3. The van der Waals surface area contributed by atoms with E-state index in [0.717, 1.165) is 23.8 Å². The van der Waals surface area contributed by atoms with E-state index in [0.29, 0.717) is 11.8 Å². The zero-order valence-electron chi connectivity index (χ0n) is 15.2. The SMILES string of the molecule is O=Cc1ccc(OC(F)F)c(F)c1-c1c(Cl)c(F)cc2c1CC(c1ccccc1)O2. The Bertz CT molecular complexity index is 1120. The Kier molecular flexibility index (Phi) is 5.39. The Hall–Kier alpha value is -3.06. The van der Waals surface area contributed by atoms with Crippen LogP contribution < -0.4 is 9.47 Å². The summed E-state index contributed by atoms with van der Waals surface area (Å²) < 4.78 is 65.0. The molecule has 0 saturated carbocycles. The van der Waals surface area contributed by atoms with Crippen LogP contribution in [0.15, 0.2) is 48.5 Å². The Morgan fingerprint density at radius 3 is 2.50 bits per heavy atom. The van der Waals surface area contributed by atoms with E-state index in [1.165, 1.54) is 0 Å². The van der Waals surface area contributed by atoms with Crippen molar-refractivity contribution in [2.75, 3.05) is 0 Å². The normalized spacial score (nSPS) is 15.1. The number of hydrogen-bond donors (Lipinski definition) is 0. The van der Waals surface area contributed by atoms with E-state index in [1.54, 1.807) is 0 Å². The van der Waals surface area contributed by atoms with Crippen LogP contribution >= 0.6 is 11.6 Å². The summed E-state index contributed by atoms with van der Waals surface area (Å²) >= 11 is 6.16. The lowest BCUT2D eigenvalue weighted by molar-refractivity contribution is -0.0521. The minimum absolute atomic E-state index is 0.121. The fraction of sp³-hybridized carbons (Fsp3) is 0.136. The molecule has 0 aliphatic carbocycles. The first-order valence-electron chi connectivity index (χ1n) is 8.86. The third kappa shape index (κ3) is 3.50. The van der Waals surface area contributed by atoms with Gasteiger partial charge in [-0.3, -0.25) is 4.79 Å². The highest BCUT2D eigenvalue weighted by molar-refractivity contribution is 6.34. The van der Waals surface area contributed by atoms with E-state index >= 15 is 4.39 Å². The van der Waals surface area contributed by atoms with E-state index in [1.807, 2.05) is 30.3 Å². The quantitative estimate of drug-likeness (QED) is 0.344. The van der Waals surface area contributed by atoms with Gasteiger partial charge in [-0.05, 0) is 17.7 Å². The van der Waals surface area contributed by atoms with Gasteiger partial charge >= 0.3 is 6.61 Å². The Balaban J connectivity index is 1.91. The maximum Gasteiger partial charge on any atom is 0.387 e. The van der Waals surface area contributed by atoms with Crippen LogP contribution in [0.3, 0.4) is 0 Å². The summed E-state index contributed by atoms with van der Waals surface area (Å²) in [4.78, 5) is 11.5. The minimum Gasteiger partial charge on any atom is -0.485 e. The van der Waals surface area contributed by atoms with Crippen LogP contribution in [0.4, 0.5) is 17.6 Å². The van der Waals surface area contributed by atoms with Crippen LogP contribution in [0.25, 0.3) is 11.1 Å². The molecular formula is C22H13ClF4O3. The van der Waals surface area contributed by atoms with Gasteiger partial charge in [0.2, 0.25) is 0 Å². The zero-order chi connectivity index (χ0) is 21.4. The first kappa shape index (κ1) is 20.2. The van der Waals surface area contributed by atoms with Crippen molar-refractivity contribution in [1.82, 2.24) is 0 Å². The predicted octanol–water partition coefficient (Wildman–Crippen LogP) is 6.38. The molecule has 3 aromatic carbocycles. The highest BCUT2D eigenvalue weighted by atomic mass is 35.5. The van der Waals surface area contributed by atoms with Gasteiger partial charge in [-0.15, -0.1) is 0 Å². The molecular weight excluding hydrogens is 424 g/mol. The van der Waals surface area contributed by atoms with E-state index in [9.17, 15) is 18.0 Å². The van der Waals surface area contributed by atoms with Crippen LogP contribution in [-0.2, 0) is 6.42 Å². The summed E-state index contributed by atoms with van der Waals surface area (Å²) in [6.45, 7) is -3.28. The summed E-state index contributed by atoms with van der Waals surface area (Å²) in [6.07, 6.45) is 0.0655. The lowest BCUT2D eigenvalue weighted by Crippen LogP contribution is -2.06. The predicted molar refractivity (Wildman–Crippen MR) is 102 cm³/mol. The van der Waals surface area contributed by atoms with E-state index in [2.05, 4.69) is 4.74 Å². The van der Waals surface area contributed by atoms with Crippen molar-refractivity contribution in [3.63, 3.8) is 0 Å². The largest absolute Gasteiger partial charge is 0.485 e. The maximum absolute atomic E-state index is 15.1. The van der Waals surface area contributed by atoms with Crippen molar-refractivity contribution in [3.05, 3.63) is 81.9 Å². The molecule has 3 nitrogen and oxygen atoms in total. The molecule has 3 aromatic rings. The molecule has 1 aliphatic heterocycles. The zero-order valence-corrected chi connectivity index (χ0v) is 15.9. The van der Waals surface area contributed by atoms with Crippen molar-refractivity contribution in [1.29, 1.82) is 0 Å². The fourth-order valence-electron chi connectivity index (χ4n) is 3.55. The van der Waals surface area contributed by atoms with Gasteiger partial charge in [0, 0.05) is 34.7 Å². The van der Waals surface area contributed by atoms with Crippen LogP contribution in [0.5, 0.6) is 11.5 Å². The Morgan fingerprint density at radius 2 is 1.83 bits per heavy atom. The third-order valence-corrected chi connectivity index (χ3v) is 5.22. The first-order valence-corrected chi connectivity index (χ1v) is 9.23. The number of fused-ring (bicyclic) bond motifs is 1. The lowest BCUT2D eigenvalue weighted by atomic mass is 9.91. The van der Waals surface area contributed by atoms with Gasteiger partial charge in [-0.25, -0.2) is 8.78 Å². The average molecular weight is 437 g/mol. The van der Waals surface area contributed by atoms with Gasteiger partial charge in [0.25, 0.3) is 0 Å². The molecule has 1 atom stereocenters. The number of rotatable bonds is 5. The summed E-state index contributed by atoms with van der Waals surface area (Å²) in [7, 11) is 0. The van der Waals surface area contributed by atoms with Crippen molar-refractivity contribution in [2.45, 2.75) is 19.1 Å². The molecule has 0 aromatic heterocycles. The van der Waals surface area contributed by atoms with Gasteiger partial charge < -0.3 is 9.47 Å². The number of alkyl halides is 2. The number of carbonyl (C=O) groups excluding carboxylic acids is 1. The monoisotopic (exact) mass is 436 g/mol. The van der Waals surface area contributed by atoms with Crippen molar-refractivity contribution >= 4 is 17.9 Å². The maximum atomic E-state index is 15.1. The minimum atomic E-state index is -3.28. The summed E-state index contributed by atoms with van der Waals surface area (Å²) in [5.41, 5.74) is 0.450. The van der Waals surface area contributed by atoms with Gasteiger partial charge in [0.1, 0.15) is 17.7 Å². The molecule has 0 amide bonds. The highest BCUT2D eigenvalue weighted by Gasteiger charge is 2.33. The molecule has 0 bridgehead atoms. The lowest BCUT2D eigenvalue weighted by Gasteiger charge is -2.16. The van der Waals surface area contributed by atoms with Crippen LogP contribution in [-0.4, -0.2) is 12.9 Å². The molecule has 1 unspecified atom stereocenters. The van der Waals surface area contributed by atoms with E-state index in [-0.39, 0.29) is 23.3 Å². The molecule has 0 fully saturated rings. The molecule has 4 rings (SSSR count). The average Bonchev–Trinajstić information content (AvgIpc) is 3.15. The molecule has 0 spiro atoms. The van der Waals surface area contributed by atoms with Crippen molar-refractivity contribution < 1.29 is 31.8 Å². The van der Waals surface area contributed by atoms with Crippen molar-refractivity contribution in [2.24, 2.45) is 0 Å². The molecule has 8 heteroatoms.